The Morgan fingerprint density at radius 1 is 1.29 bits per heavy atom. The average Bonchev–Trinajstić information content (AvgIpc) is 2.78. The molecule has 3 rings (SSSR count). The Hall–Kier alpha value is -1.20. The van der Waals surface area contributed by atoms with Crippen molar-refractivity contribution < 1.29 is 9.53 Å². The summed E-state index contributed by atoms with van der Waals surface area (Å²) in [6.45, 7) is 1.99. The maximum absolute atomic E-state index is 12.6. The molecule has 1 aromatic rings. The van der Waals surface area contributed by atoms with Crippen LogP contribution in [0.3, 0.4) is 0 Å². The normalized spacial score (nSPS) is 24.7. The molecule has 0 aromatic heterocycles. The van der Waals surface area contributed by atoms with Crippen LogP contribution in [0.5, 0.6) is 5.75 Å². The highest BCUT2D eigenvalue weighted by molar-refractivity contribution is 8.00. The molecule has 2 bridgehead atoms. The lowest BCUT2D eigenvalue weighted by Crippen LogP contribution is -2.43. The number of thioether (sulfide) groups is 1. The van der Waals surface area contributed by atoms with E-state index in [0.29, 0.717) is 17.8 Å². The minimum absolute atomic E-state index is 0.284. The quantitative estimate of drug-likeness (QED) is 0.866. The average molecular weight is 306 g/mol. The molecule has 2 fully saturated rings. The SMILES string of the molecule is COc1ccc(SCC(=O)N2C3CCNCC2CC3)cc1. The highest BCUT2D eigenvalue weighted by Gasteiger charge is 2.37. The smallest absolute Gasteiger partial charge is 0.233 e. The van der Waals surface area contributed by atoms with Gasteiger partial charge in [0.2, 0.25) is 5.91 Å². The first-order valence-electron chi connectivity index (χ1n) is 7.56. The van der Waals surface area contributed by atoms with E-state index >= 15 is 0 Å². The van der Waals surface area contributed by atoms with Crippen LogP contribution >= 0.6 is 11.8 Å². The number of amides is 1. The van der Waals surface area contributed by atoms with Crippen LogP contribution in [0, 0.1) is 0 Å². The van der Waals surface area contributed by atoms with E-state index in [-0.39, 0.29) is 5.91 Å². The fourth-order valence-corrected chi connectivity index (χ4v) is 4.05. The number of hydrogen-bond donors (Lipinski definition) is 1. The molecule has 2 heterocycles. The van der Waals surface area contributed by atoms with Crippen LogP contribution in [-0.2, 0) is 4.79 Å². The number of hydrogen-bond acceptors (Lipinski definition) is 4. The van der Waals surface area contributed by atoms with E-state index in [1.54, 1.807) is 18.9 Å². The fraction of sp³-hybridized carbons (Fsp3) is 0.562. The van der Waals surface area contributed by atoms with Gasteiger partial charge in [0.15, 0.2) is 0 Å². The molecule has 0 saturated carbocycles. The second kappa shape index (κ2) is 6.71. The zero-order chi connectivity index (χ0) is 14.7. The van der Waals surface area contributed by atoms with Crippen molar-refractivity contribution in [3.05, 3.63) is 24.3 Å². The number of methoxy groups -OCH3 is 1. The highest BCUT2D eigenvalue weighted by Crippen LogP contribution is 2.29. The Kier molecular flexibility index (Phi) is 4.70. The largest absolute Gasteiger partial charge is 0.497 e. The monoisotopic (exact) mass is 306 g/mol. The van der Waals surface area contributed by atoms with Gasteiger partial charge in [0.1, 0.15) is 5.75 Å². The molecule has 2 aliphatic heterocycles. The van der Waals surface area contributed by atoms with E-state index < -0.39 is 0 Å². The number of carbonyl (C=O) groups is 1. The first-order valence-corrected chi connectivity index (χ1v) is 8.55. The molecular weight excluding hydrogens is 284 g/mol. The molecule has 0 aliphatic carbocycles. The van der Waals surface area contributed by atoms with Gasteiger partial charge in [-0.15, -0.1) is 11.8 Å². The second-order valence-corrected chi connectivity index (χ2v) is 6.69. The van der Waals surface area contributed by atoms with E-state index in [4.69, 9.17) is 4.74 Å². The summed E-state index contributed by atoms with van der Waals surface area (Å²) in [6.07, 6.45) is 3.41. The number of benzene rings is 1. The number of fused-ring (bicyclic) bond motifs is 2. The van der Waals surface area contributed by atoms with Crippen molar-refractivity contribution in [2.24, 2.45) is 0 Å². The van der Waals surface area contributed by atoms with Crippen molar-refractivity contribution in [1.29, 1.82) is 0 Å². The number of ether oxygens (including phenoxy) is 1. The summed E-state index contributed by atoms with van der Waals surface area (Å²) in [5, 5.41) is 3.44. The maximum Gasteiger partial charge on any atom is 0.233 e. The topological polar surface area (TPSA) is 41.6 Å². The predicted octanol–water partition coefficient (Wildman–Crippen LogP) is 2.14. The Labute approximate surface area is 130 Å². The van der Waals surface area contributed by atoms with E-state index in [1.807, 2.05) is 24.3 Å². The summed E-state index contributed by atoms with van der Waals surface area (Å²) in [7, 11) is 1.66. The van der Waals surface area contributed by atoms with Crippen molar-refractivity contribution in [3.8, 4) is 5.75 Å². The van der Waals surface area contributed by atoms with E-state index in [9.17, 15) is 4.79 Å². The summed E-state index contributed by atoms with van der Waals surface area (Å²) in [5.41, 5.74) is 0. The zero-order valence-corrected chi connectivity index (χ0v) is 13.2. The summed E-state index contributed by atoms with van der Waals surface area (Å²) in [6, 6.07) is 8.75. The first-order chi connectivity index (χ1) is 10.3. The molecule has 1 aromatic carbocycles. The van der Waals surface area contributed by atoms with Crippen LogP contribution in [-0.4, -0.2) is 48.8 Å². The molecular formula is C16H22N2O2S. The van der Waals surface area contributed by atoms with Crippen molar-refractivity contribution >= 4 is 17.7 Å². The molecule has 1 N–H and O–H groups in total. The Balaban J connectivity index is 1.58. The predicted molar refractivity (Wildman–Crippen MR) is 84.9 cm³/mol. The minimum Gasteiger partial charge on any atom is -0.497 e. The standard InChI is InChI=1S/C16H22N2O2S/c1-20-14-4-6-15(7-5-14)21-11-16(19)18-12-2-3-13(18)10-17-9-8-12/h4-7,12-13,17H,2-3,8-11H2,1H3. The summed E-state index contributed by atoms with van der Waals surface area (Å²) in [5.74, 6) is 1.66. The Morgan fingerprint density at radius 3 is 2.81 bits per heavy atom. The fourth-order valence-electron chi connectivity index (χ4n) is 3.28. The van der Waals surface area contributed by atoms with Crippen molar-refractivity contribution in [2.75, 3.05) is 26.0 Å². The van der Waals surface area contributed by atoms with Gasteiger partial charge in [-0.3, -0.25) is 4.79 Å². The van der Waals surface area contributed by atoms with Crippen LogP contribution in [0.2, 0.25) is 0 Å². The summed E-state index contributed by atoms with van der Waals surface area (Å²) in [4.78, 5) is 15.8. The molecule has 2 saturated heterocycles. The van der Waals surface area contributed by atoms with Gasteiger partial charge in [-0.25, -0.2) is 0 Å². The third kappa shape index (κ3) is 3.35. The van der Waals surface area contributed by atoms with Gasteiger partial charge in [-0.2, -0.15) is 0 Å². The van der Waals surface area contributed by atoms with Gasteiger partial charge in [-0.1, -0.05) is 0 Å². The molecule has 2 aliphatic rings. The van der Waals surface area contributed by atoms with Gasteiger partial charge in [0.05, 0.1) is 12.9 Å². The molecule has 5 heteroatoms. The van der Waals surface area contributed by atoms with Crippen LogP contribution in [0.25, 0.3) is 0 Å². The number of rotatable bonds is 4. The number of nitrogens with one attached hydrogen (secondary N) is 1. The van der Waals surface area contributed by atoms with Crippen LogP contribution < -0.4 is 10.1 Å². The third-order valence-electron chi connectivity index (χ3n) is 4.36. The van der Waals surface area contributed by atoms with Crippen molar-refractivity contribution in [3.63, 3.8) is 0 Å². The maximum atomic E-state index is 12.6. The van der Waals surface area contributed by atoms with Gasteiger partial charge in [0, 0.05) is 23.5 Å². The van der Waals surface area contributed by atoms with E-state index in [2.05, 4.69) is 10.2 Å². The summed E-state index contributed by atoms with van der Waals surface area (Å²) < 4.78 is 5.15. The molecule has 0 radical (unpaired) electrons. The van der Waals surface area contributed by atoms with Crippen molar-refractivity contribution in [2.45, 2.75) is 36.2 Å². The molecule has 1 amide bonds. The van der Waals surface area contributed by atoms with Gasteiger partial charge in [-0.05, 0) is 50.1 Å². The second-order valence-electron chi connectivity index (χ2n) is 5.64. The van der Waals surface area contributed by atoms with Gasteiger partial charge in [0.25, 0.3) is 0 Å². The lowest BCUT2D eigenvalue weighted by molar-refractivity contribution is -0.130. The third-order valence-corrected chi connectivity index (χ3v) is 5.36. The van der Waals surface area contributed by atoms with Gasteiger partial charge < -0.3 is 15.0 Å². The van der Waals surface area contributed by atoms with Gasteiger partial charge >= 0.3 is 0 Å². The molecule has 0 spiro atoms. The van der Waals surface area contributed by atoms with Crippen molar-refractivity contribution in [1.82, 2.24) is 10.2 Å². The summed E-state index contributed by atoms with van der Waals surface area (Å²) >= 11 is 1.61. The number of carbonyl (C=O) groups excluding carboxylic acids is 1. The van der Waals surface area contributed by atoms with E-state index in [1.165, 1.54) is 6.42 Å². The van der Waals surface area contributed by atoms with Crippen LogP contribution in [0.1, 0.15) is 19.3 Å². The lowest BCUT2D eigenvalue weighted by atomic mass is 10.1. The van der Waals surface area contributed by atoms with E-state index in [0.717, 1.165) is 36.6 Å². The molecule has 21 heavy (non-hydrogen) atoms. The Morgan fingerprint density at radius 2 is 2.05 bits per heavy atom. The zero-order valence-electron chi connectivity index (χ0n) is 12.4. The first kappa shape index (κ1) is 14.7. The molecule has 114 valence electrons. The van der Waals surface area contributed by atoms with Crippen LogP contribution in [0.15, 0.2) is 29.2 Å². The van der Waals surface area contributed by atoms with Crippen LogP contribution in [0.4, 0.5) is 0 Å². The Bertz CT molecular complexity index is 478. The number of nitrogens with zero attached hydrogens (tertiary/aromatic N) is 1. The lowest BCUT2D eigenvalue weighted by Gasteiger charge is -2.27. The molecule has 2 atom stereocenters. The molecule has 2 unspecified atom stereocenters. The highest BCUT2D eigenvalue weighted by atomic mass is 32.2. The molecule has 4 nitrogen and oxygen atoms in total. The minimum atomic E-state index is 0.284.